The summed E-state index contributed by atoms with van der Waals surface area (Å²) in [6.07, 6.45) is 2.61. The summed E-state index contributed by atoms with van der Waals surface area (Å²) in [4.78, 5) is 4.38. The van der Waals surface area contributed by atoms with Gasteiger partial charge in [-0.25, -0.2) is 0 Å². The molecule has 4 rings (SSSR count). The fourth-order valence-electron chi connectivity index (χ4n) is 2.65. The lowest BCUT2D eigenvalue weighted by atomic mass is 10.1. The van der Waals surface area contributed by atoms with Crippen molar-refractivity contribution < 1.29 is 5.11 Å². The third-order valence-electron chi connectivity index (χ3n) is 3.39. The van der Waals surface area contributed by atoms with E-state index in [2.05, 4.69) is 11.1 Å². The van der Waals surface area contributed by atoms with Crippen LogP contribution in [0.1, 0.15) is 11.3 Å². The summed E-state index contributed by atoms with van der Waals surface area (Å²) < 4.78 is 1.91. The fourth-order valence-corrected chi connectivity index (χ4v) is 2.65. The van der Waals surface area contributed by atoms with Crippen LogP contribution in [0.2, 0.25) is 0 Å². The molecule has 0 spiro atoms. The number of rotatable bonds is 0. The minimum atomic E-state index is 0.299. The van der Waals surface area contributed by atoms with Gasteiger partial charge < -0.3 is 5.11 Å². The summed E-state index contributed by atoms with van der Waals surface area (Å²) in [6, 6.07) is 11.9. The lowest BCUT2D eigenvalue weighted by Crippen LogP contribution is -1.90. The van der Waals surface area contributed by atoms with Crippen molar-refractivity contribution in [3.63, 3.8) is 0 Å². The number of benzene rings is 1. The molecule has 0 aliphatic carbocycles. The number of fused-ring (bicyclic) bond motifs is 5. The minimum absolute atomic E-state index is 0.299. The Balaban J connectivity index is 2.17. The van der Waals surface area contributed by atoms with Gasteiger partial charge in [0.2, 0.25) is 5.88 Å². The Bertz CT molecular complexity index is 743. The van der Waals surface area contributed by atoms with E-state index in [-0.39, 0.29) is 0 Å². The van der Waals surface area contributed by atoms with Crippen molar-refractivity contribution in [3.05, 3.63) is 53.9 Å². The van der Waals surface area contributed by atoms with Gasteiger partial charge in [-0.2, -0.15) is 0 Å². The van der Waals surface area contributed by atoms with Crippen LogP contribution in [0.5, 0.6) is 5.88 Å². The van der Waals surface area contributed by atoms with E-state index in [0.29, 0.717) is 5.88 Å². The Hall–Kier alpha value is -2.29. The van der Waals surface area contributed by atoms with Crippen molar-refractivity contribution in [2.75, 3.05) is 0 Å². The van der Waals surface area contributed by atoms with Crippen LogP contribution in [0.15, 0.2) is 42.6 Å². The second-order valence-corrected chi connectivity index (χ2v) is 4.31. The van der Waals surface area contributed by atoms with Crippen molar-refractivity contribution in [2.24, 2.45) is 0 Å². The predicted octanol–water partition coefficient (Wildman–Crippen LogP) is 2.64. The zero-order valence-electron chi connectivity index (χ0n) is 9.09. The van der Waals surface area contributed by atoms with Gasteiger partial charge in [-0.1, -0.05) is 18.2 Å². The number of hydrogen-bond donors (Lipinski definition) is 1. The van der Waals surface area contributed by atoms with Crippen LogP contribution in [-0.4, -0.2) is 14.7 Å². The molecule has 0 unspecified atom stereocenters. The number of nitrogens with zero attached hydrogens (tertiary/aromatic N) is 2. The van der Waals surface area contributed by atoms with Crippen molar-refractivity contribution in [1.29, 1.82) is 0 Å². The molecular formula is C14H10N2O. The molecular weight excluding hydrogens is 212 g/mol. The van der Waals surface area contributed by atoms with Crippen molar-refractivity contribution in [2.45, 2.75) is 6.42 Å². The maximum atomic E-state index is 10.3. The first-order chi connectivity index (χ1) is 8.36. The molecule has 82 valence electrons. The molecule has 3 nitrogen and oxygen atoms in total. The second kappa shape index (κ2) is 2.88. The topological polar surface area (TPSA) is 38.1 Å². The molecule has 0 atom stereocenters. The number of hydrogen-bond acceptors (Lipinski definition) is 2. The van der Waals surface area contributed by atoms with Crippen LogP contribution in [0.4, 0.5) is 0 Å². The predicted molar refractivity (Wildman–Crippen MR) is 65.5 cm³/mol. The van der Waals surface area contributed by atoms with E-state index in [1.807, 2.05) is 34.9 Å². The smallest absolute Gasteiger partial charge is 0.205 e. The molecule has 0 saturated carbocycles. The summed E-state index contributed by atoms with van der Waals surface area (Å²) >= 11 is 0. The summed E-state index contributed by atoms with van der Waals surface area (Å²) in [7, 11) is 0. The number of aromatic hydroxyl groups is 1. The van der Waals surface area contributed by atoms with Crippen LogP contribution in [-0.2, 0) is 6.42 Å². The van der Waals surface area contributed by atoms with E-state index < -0.39 is 0 Å². The highest BCUT2D eigenvalue weighted by Gasteiger charge is 2.25. The quantitative estimate of drug-likeness (QED) is 0.496. The van der Waals surface area contributed by atoms with E-state index in [1.165, 1.54) is 5.56 Å². The van der Waals surface area contributed by atoms with E-state index in [4.69, 9.17) is 0 Å². The maximum absolute atomic E-state index is 10.3. The molecule has 3 heteroatoms. The van der Waals surface area contributed by atoms with Gasteiger partial charge in [0.15, 0.2) is 0 Å². The molecule has 3 aromatic rings. The highest BCUT2D eigenvalue weighted by atomic mass is 16.3. The lowest BCUT2D eigenvalue weighted by molar-refractivity contribution is 0.448. The SMILES string of the molecule is Oc1c2cccnc2c2n1-c1ccccc1C2. The largest absolute Gasteiger partial charge is 0.494 e. The van der Waals surface area contributed by atoms with Gasteiger partial charge in [-0.05, 0) is 23.8 Å². The fraction of sp³-hybridized carbons (Fsp3) is 0.0714. The molecule has 0 radical (unpaired) electrons. The zero-order chi connectivity index (χ0) is 11.4. The Morgan fingerprint density at radius 3 is 2.94 bits per heavy atom. The van der Waals surface area contributed by atoms with Crippen molar-refractivity contribution in [1.82, 2.24) is 9.55 Å². The highest BCUT2D eigenvalue weighted by molar-refractivity contribution is 5.90. The first-order valence-electron chi connectivity index (χ1n) is 5.62. The summed E-state index contributed by atoms with van der Waals surface area (Å²) in [6.45, 7) is 0. The molecule has 1 N–H and O–H groups in total. The first kappa shape index (κ1) is 8.82. The zero-order valence-corrected chi connectivity index (χ0v) is 9.09. The van der Waals surface area contributed by atoms with Gasteiger partial charge in [-0.3, -0.25) is 9.55 Å². The average Bonchev–Trinajstić information content (AvgIpc) is 2.88. The summed E-state index contributed by atoms with van der Waals surface area (Å²) in [5.41, 5.74) is 4.30. The Morgan fingerprint density at radius 1 is 1.12 bits per heavy atom. The summed E-state index contributed by atoms with van der Waals surface area (Å²) in [5.74, 6) is 0.299. The summed E-state index contributed by atoms with van der Waals surface area (Å²) in [5, 5.41) is 11.1. The Labute approximate surface area is 98.0 Å². The van der Waals surface area contributed by atoms with E-state index in [9.17, 15) is 5.11 Å². The molecule has 0 fully saturated rings. The number of pyridine rings is 1. The molecule has 0 saturated heterocycles. The molecule has 3 heterocycles. The first-order valence-corrected chi connectivity index (χ1v) is 5.62. The Morgan fingerprint density at radius 2 is 2.00 bits per heavy atom. The standard InChI is InChI=1S/C14H10N2O/c17-14-10-5-3-7-15-13(10)12-8-9-4-1-2-6-11(9)16(12)14/h1-7,17H,8H2. The third-order valence-corrected chi connectivity index (χ3v) is 3.39. The van der Waals surface area contributed by atoms with Gasteiger partial charge in [0.05, 0.1) is 22.3 Å². The molecule has 17 heavy (non-hydrogen) atoms. The van der Waals surface area contributed by atoms with Crippen molar-refractivity contribution in [3.8, 4) is 11.6 Å². The van der Waals surface area contributed by atoms with E-state index in [1.54, 1.807) is 6.20 Å². The normalized spacial score (nSPS) is 12.7. The number of para-hydroxylation sites is 1. The van der Waals surface area contributed by atoms with Crippen LogP contribution in [0, 0.1) is 0 Å². The monoisotopic (exact) mass is 222 g/mol. The van der Waals surface area contributed by atoms with Crippen LogP contribution >= 0.6 is 0 Å². The molecule has 1 aromatic carbocycles. The third kappa shape index (κ3) is 0.984. The van der Waals surface area contributed by atoms with Crippen molar-refractivity contribution >= 4 is 10.9 Å². The van der Waals surface area contributed by atoms with E-state index in [0.717, 1.165) is 28.7 Å². The molecule has 0 bridgehead atoms. The highest BCUT2D eigenvalue weighted by Crippen LogP contribution is 2.39. The van der Waals surface area contributed by atoms with Gasteiger partial charge in [0, 0.05) is 12.6 Å². The molecule has 0 amide bonds. The van der Waals surface area contributed by atoms with Crippen LogP contribution < -0.4 is 0 Å². The van der Waals surface area contributed by atoms with Crippen LogP contribution in [0.3, 0.4) is 0 Å². The van der Waals surface area contributed by atoms with E-state index >= 15 is 0 Å². The molecule has 1 aliphatic rings. The Kier molecular flexibility index (Phi) is 1.50. The number of aromatic nitrogens is 2. The minimum Gasteiger partial charge on any atom is -0.494 e. The van der Waals surface area contributed by atoms with Gasteiger partial charge in [-0.15, -0.1) is 0 Å². The lowest BCUT2D eigenvalue weighted by Gasteiger charge is -2.02. The van der Waals surface area contributed by atoms with Gasteiger partial charge in [0.25, 0.3) is 0 Å². The van der Waals surface area contributed by atoms with Gasteiger partial charge >= 0.3 is 0 Å². The second-order valence-electron chi connectivity index (χ2n) is 4.31. The molecule has 2 aromatic heterocycles. The molecule has 1 aliphatic heterocycles. The van der Waals surface area contributed by atoms with Gasteiger partial charge in [0.1, 0.15) is 0 Å². The average molecular weight is 222 g/mol. The van der Waals surface area contributed by atoms with Crippen LogP contribution in [0.25, 0.3) is 16.6 Å². The maximum Gasteiger partial charge on any atom is 0.205 e.